The van der Waals surface area contributed by atoms with Crippen LogP contribution in [0.25, 0.3) is 22.3 Å². The van der Waals surface area contributed by atoms with E-state index in [-0.39, 0.29) is 16.9 Å². The number of unbranched alkanes of at least 4 members (excludes halogenated alkanes) is 1. The van der Waals surface area contributed by atoms with Crippen molar-refractivity contribution in [3.63, 3.8) is 0 Å². The van der Waals surface area contributed by atoms with E-state index in [0.717, 1.165) is 30.9 Å². The number of hydrogen-bond donors (Lipinski definition) is 1. The molecule has 0 radical (unpaired) electrons. The molecule has 0 aliphatic carbocycles. The first-order chi connectivity index (χ1) is 14.4. The topological polar surface area (TPSA) is 29.5 Å². The molecule has 30 heavy (non-hydrogen) atoms. The SMILES string of the molecule is CCCCc1ccc(-c2c(-c3ccc(OC(F)F)cc3)cc(F)c(CO)c2F)cc1. The summed E-state index contributed by atoms with van der Waals surface area (Å²) in [7, 11) is 0. The maximum absolute atomic E-state index is 15.2. The Balaban J connectivity index is 2.09. The molecule has 3 aromatic rings. The fourth-order valence-electron chi connectivity index (χ4n) is 3.35. The average molecular weight is 418 g/mol. The van der Waals surface area contributed by atoms with Gasteiger partial charge in [-0.3, -0.25) is 0 Å². The van der Waals surface area contributed by atoms with Crippen LogP contribution in [0.15, 0.2) is 54.6 Å². The Bertz CT molecular complexity index is 984. The summed E-state index contributed by atoms with van der Waals surface area (Å²) in [4.78, 5) is 0. The highest BCUT2D eigenvalue weighted by molar-refractivity contribution is 5.84. The number of ether oxygens (including phenoxy) is 1. The normalized spacial score (nSPS) is 11.2. The molecular formula is C24H22F4O2. The zero-order valence-electron chi connectivity index (χ0n) is 16.5. The zero-order valence-corrected chi connectivity index (χ0v) is 16.5. The first kappa shape index (κ1) is 21.8. The minimum absolute atomic E-state index is 0.0523. The van der Waals surface area contributed by atoms with Crippen LogP contribution in [0, 0.1) is 11.6 Å². The number of hydrogen-bond acceptors (Lipinski definition) is 2. The molecule has 0 aliphatic heterocycles. The van der Waals surface area contributed by atoms with Gasteiger partial charge in [-0.15, -0.1) is 0 Å². The summed E-state index contributed by atoms with van der Waals surface area (Å²) in [6.45, 7) is -1.64. The molecular weight excluding hydrogens is 396 g/mol. The second-order valence-corrected chi connectivity index (χ2v) is 6.93. The smallest absolute Gasteiger partial charge is 0.387 e. The van der Waals surface area contributed by atoms with Crippen LogP contribution in [0.1, 0.15) is 30.9 Å². The number of aliphatic hydroxyl groups excluding tert-OH is 1. The van der Waals surface area contributed by atoms with Crippen molar-refractivity contribution in [2.45, 2.75) is 39.4 Å². The first-order valence-corrected chi connectivity index (χ1v) is 9.70. The fourth-order valence-corrected chi connectivity index (χ4v) is 3.35. The number of halogens is 4. The van der Waals surface area contributed by atoms with Crippen molar-refractivity contribution in [3.8, 4) is 28.0 Å². The molecule has 3 aromatic carbocycles. The highest BCUT2D eigenvalue weighted by Gasteiger charge is 2.20. The second-order valence-electron chi connectivity index (χ2n) is 6.93. The van der Waals surface area contributed by atoms with Crippen molar-refractivity contribution in [1.82, 2.24) is 0 Å². The van der Waals surface area contributed by atoms with Crippen molar-refractivity contribution in [1.29, 1.82) is 0 Å². The van der Waals surface area contributed by atoms with Crippen LogP contribution in [-0.4, -0.2) is 11.7 Å². The number of rotatable bonds is 8. The molecule has 0 amide bonds. The van der Waals surface area contributed by atoms with Crippen LogP contribution >= 0.6 is 0 Å². The van der Waals surface area contributed by atoms with E-state index in [1.54, 1.807) is 12.1 Å². The first-order valence-electron chi connectivity index (χ1n) is 9.70. The minimum atomic E-state index is -2.96. The maximum atomic E-state index is 15.2. The van der Waals surface area contributed by atoms with Gasteiger partial charge in [0.2, 0.25) is 0 Å². The van der Waals surface area contributed by atoms with E-state index in [1.165, 1.54) is 24.3 Å². The van der Waals surface area contributed by atoms with Crippen LogP contribution in [0.3, 0.4) is 0 Å². The third-order valence-electron chi connectivity index (χ3n) is 4.92. The molecule has 0 aromatic heterocycles. The van der Waals surface area contributed by atoms with Crippen molar-refractivity contribution >= 4 is 0 Å². The molecule has 0 aliphatic rings. The lowest BCUT2D eigenvalue weighted by Gasteiger charge is -2.16. The lowest BCUT2D eigenvalue weighted by atomic mass is 9.91. The molecule has 0 atom stereocenters. The van der Waals surface area contributed by atoms with Gasteiger partial charge in [0.25, 0.3) is 0 Å². The summed E-state index contributed by atoms with van der Waals surface area (Å²) in [5.74, 6) is -1.77. The highest BCUT2D eigenvalue weighted by Crippen LogP contribution is 2.38. The van der Waals surface area contributed by atoms with Gasteiger partial charge in [-0.25, -0.2) is 8.78 Å². The molecule has 158 valence electrons. The van der Waals surface area contributed by atoms with Gasteiger partial charge in [-0.05, 0) is 53.3 Å². The summed E-state index contributed by atoms with van der Waals surface area (Å²) in [6, 6.07) is 14.0. The summed E-state index contributed by atoms with van der Waals surface area (Å²) in [5.41, 5.74) is 2.06. The molecule has 0 spiro atoms. The third kappa shape index (κ3) is 4.82. The number of alkyl halides is 2. The minimum Gasteiger partial charge on any atom is -0.435 e. The van der Waals surface area contributed by atoms with Crippen LogP contribution in [0.5, 0.6) is 5.75 Å². The van der Waals surface area contributed by atoms with Gasteiger partial charge in [0.1, 0.15) is 17.4 Å². The van der Waals surface area contributed by atoms with E-state index in [4.69, 9.17) is 0 Å². The van der Waals surface area contributed by atoms with Crippen LogP contribution in [-0.2, 0) is 13.0 Å². The number of aryl methyl sites for hydroxylation is 1. The Morgan fingerprint density at radius 2 is 1.57 bits per heavy atom. The lowest BCUT2D eigenvalue weighted by molar-refractivity contribution is -0.0498. The van der Waals surface area contributed by atoms with Gasteiger partial charge in [0, 0.05) is 11.1 Å². The molecule has 0 bridgehead atoms. The summed E-state index contributed by atoms with van der Waals surface area (Å²) in [6.07, 6.45) is 3.00. The van der Waals surface area contributed by atoms with E-state index in [1.807, 2.05) is 12.1 Å². The Labute approximate surface area is 172 Å². The van der Waals surface area contributed by atoms with Gasteiger partial charge >= 0.3 is 6.61 Å². The number of benzene rings is 3. The molecule has 0 saturated carbocycles. The fraction of sp³-hybridized carbons (Fsp3) is 0.250. The van der Waals surface area contributed by atoms with Crippen molar-refractivity contribution < 1.29 is 27.4 Å². The summed E-state index contributed by atoms with van der Waals surface area (Å²) in [5, 5.41) is 9.43. The number of aliphatic hydroxyl groups is 1. The Morgan fingerprint density at radius 3 is 2.13 bits per heavy atom. The van der Waals surface area contributed by atoms with E-state index >= 15 is 4.39 Å². The second kappa shape index (κ2) is 9.76. The summed E-state index contributed by atoms with van der Waals surface area (Å²) < 4.78 is 58.7. The van der Waals surface area contributed by atoms with Gasteiger partial charge < -0.3 is 9.84 Å². The van der Waals surface area contributed by atoms with Gasteiger partial charge in [-0.1, -0.05) is 49.7 Å². The van der Waals surface area contributed by atoms with Gasteiger partial charge in [0.15, 0.2) is 0 Å². The Kier molecular flexibility index (Phi) is 7.11. The summed E-state index contributed by atoms with van der Waals surface area (Å²) >= 11 is 0. The molecule has 6 heteroatoms. The van der Waals surface area contributed by atoms with E-state index in [9.17, 15) is 18.3 Å². The Morgan fingerprint density at radius 1 is 0.933 bits per heavy atom. The average Bonchev–Trinajstić information content (AvgIpc) is 2.73. The third-order valence-corrected chi connectivity index (χ3v) is 4.92. The van der Waals surface area contributed by atoms with E-state index in [2.05, 4.69) is 11.7 Å². The predicted molar refractivity (Wildman–Crippen MR) is 108 cm³/mol. The highest BCUT2D eigenvalue weighted by atomic mass is 19.3. The van der Waals surface area contributed by atoms with Gasteiger partial charge in [0.05, 0.1) is 6.61 Å². The van der Waals surface area contributed by atoms with Crippen LogP contribution in [0.2, 0.25) is 0 Å². The van der Waals surface area contributed by atoms with Crippen molar-refractivity contribution in [3.05, 3.63) is 77.4 Å². The molecule has 0 saturated heterocycles. The van der Waals surface area contributed by atoms with Crippen LogP contribution in [0.4, 0.5) is 17.6 Å². The molecule has 0 heterocycles. The molecule has 1 N–H and O–H groups in total. The largest absolute Gasteiger partial charge is 0.435 e. The molecule has 2 nitrogen and oxygen atoms in total. The van der Waals surface area contributed by atoms with Crippen molar-refractivity contribution in [2.75, 3.05) is 0 Å². The monoisotopic (exact) mass is 418 g/mol. The molecule has 0 fully saturated rings. The maximum Gasteiger partial charge on any atom is 0.387 e. The zero-order chi connectivity index (χ0) is 21.7. The standard InChI is InChI=1S/C24H22F4O2/c1-2-3-4-15-5-7-17(8-6-15)22-19(13-21(25)20(14-29)23(22)26)16-9-11-18(12-10-16)30-24(27)28/h5-13,24,29H,2-4,14H2,1H3. The Hall–Kier alpha value is -2.86. The van der Waals surface area contributed by atoms with Crippen molar-refractivity contribution in [2.24, 2.45) is 0 Å². The lowest BCUT2D eigenvalue weighted by Crippen LogP contribution is -2.02. The predicted octanol–water partition coefficient (Wildman–Crippen LogP) is 6.74. The van der Waals surface area contributed by atoms with Crippen LogP contribution < -0.4 is 4.74 Å². The quantitative estimate of drug-likeness (QED) is 0.411. The molecule has 3 rings (SSSR count). The van der Waals surface area contributed by atoms with E-state index in [0.29, 0.717) is 11.1 Å². The molecule has 0 unspecified atom stereocenters. The van der Waals surface area contributed by atoms with E-state index < -0.39 is 30.4 Å². The van der Waals surface area contributed by atoms with Gasteiger partial charge in [-0.2, -0.15) is 8.78 Å².